The van der Waals surface area contributed by atoms with Crippen LogP contribution in [0.3, 0.4) is 0 Å². The first-order chi connectivity index (χ1) is 8.59. The van der Waals surface area contributed by atoms with Gasteiger partial charge in [0.05, 0.1) is 12.4 Å². The van der Waals surface area contributed by atoms with Crippen LogP contribution in [0.1, 0.15) is 12.5 Å². The van der Waals surface area contributed by atoms with Gasteiger partial charge in [-0.05, 0) is 13.0 Å². The first-order valence-corrected chi connectivity index (χ1v) is 7.36. The third-order valence-corrected chi connectivity index (χ3v) is 3.48. The van der Waals surface area contributed by atoms with E-state index < -0.39 is 10.1 Å². The van der Waals surface area contributed by atoms with E-state index >= 15 is 0 Å². The molecular weight excluding hydrogens is 254 g/mol. The van der Waals surface area contributed by atoms with Crippen LogP contribution in [0.5, 0.6) is 5.75 Å². The lowest BCUT2D eigenvalue weighted by Crippen LogP contribution is -2.20. The van der Waals surface area contributed by atoms with Crippen LogP contribution >= 0.6 is 0 Å². The van der Waals surface area contributed by atoms with E-state index in [1.807, 2.05) is 12.1 Å². The van der Waals surface area contributed by atoms with Gasteiger partial charge in [0.1, 0.15) is 5.75 Å². The molecule has 0 amide bonds. The van der Waals surface area contributed by atoms with Crippen molar-refractivity contribution in [2.75, 3.05) is 26.0 Å². The molecule has 0 spiro atoms. The van der Waals surface area contributed by atoms with Gasteiger partial charge in [-0.1, -0.05) is 18.2 Å². The molecule has 1 aromatic carbocycles. The van der Waals surface area contributed by atoms with Gasteiger partial charge in [0.15, 0.2) is 0 Å². The van der Waals surface area contributed by atoms with Crippen molar-refractivity contribution < 1.29 is 17.3 Å². The van der Waals surface area contributed by atoms with Crippen LogP contribution in [0.15, 0.2) is 24.3 Å². The molecule has 0 aromatic heterocycles. The molecular formula is C12H19NO4S. The molecule has 0 saturated heterocycles. The molecule has 18 heavy (non-hydrogen) atoms. The highest BCUT2D eigenvalue weighted by atomic mass is 32.2. The van der Waals surface area contributed by atoms with Gasteiger partial charge in [-0.25, -0.2) is 0 Å². The predicted molar refractivity (Wildman–Crippen MR) is 70.1 cm³/mol. The Balaban J connectivity index is 2.68. The Labute approximate surface area is 108 Å². The van der Waals surface area contributed by atoms with Crippen molar-refractivity contribution in [1.82, 2.24) is 5.32 Å². The summed E-state index contributed by atoms with van der Waals surface area (Å²) in [6.45, 7) is 3.40. The van der Waals surface area contributed by atoms with Gasteiger partial charge >= 0.3 is 10.1 Å². The van der Waals surface area contributed by atoms with Crippen molar-refractivity contribution in [3.63, 3.8) is 0 Å². The normalized spacial score (nSPS) is 11.4. The lowest BCUT2D eigenvalue weighted by Gasteiger charge is -2.11. The molecule has 1 aromatic rings. The average molecular weight is 273 g/mol. The van der Waals surface area contributed by atoms with E-state index in [1.54, 1.807) is 26.2 Å². The highest BCUT2D eigenvalue weighted by molar-refractivity contribution is 7.87. The second-order valence-corrected chi connectivity index (χ2v) is 5.57. The number of nitrogens with one attached hydrogen (secondary N) is 1. The Kier molecular flexibility index (Phi) is 6.11. The molecule has 1 N–H and O–H groups in total. The van der Waals surface area contributed by atoms with Crippen molar-refractivity contribution in [3.8, 4) is 5.75 Å². The number of para-hydroxylation sites is 1. The molecule has 0 saturated carbocycles. The Hall–Kier alpha value is -1.11. The third-order valence-electron chi connectivity index (χ3n) is 2.34. The Morgan fingerprint density at radius 1 is 1.28 bits per heavy atom. The topological polar surface area (TPSA) is 64.6 Å². The van der Waals surface area contributed by atoms with Crippen LogP contribution in [0.4, 0.5) is 0 Å². The van der Waals surface area contributed by atoms with Gasteiger partial charge in [-0.2, -0.15) is 8.42 Å². The largest absolute Gasteiger partial charge is 0.383 e. The molecule has 0 unspecified atom stereocenters. The summed E-state index contributed by atoms with van der Waals surface area (Å²) in [5.41, 5.74) is 0.811. The fourth-order valence-corrected chi connectivity index (χ4v) is 1.88. The monoisotopic (exact) mass is 273 g/mol. The van der Waals surface area contributed by atoms with Gasteiger partial charge in [-0.3, -0.25) is 0 Å². The maximum atomic E-state index is 11.4. The van der Waals surface area contributed by atoms with Crippen LogP contribution < -0.4 is 9.50 Å². The maximum absolute atomic E-state index is 11.4. The molecule has 6 heteroatoms. The maximum Gasteiger partial charge on any atom is 0.308 e. The minimum atomic E-state index is -3.48. The minimum absolute atomic E-state index is 0.0432. The summed E-state index contributed by atoms with van der Waals surface area (Å²) in [4.78, 5) is 0. The molecule has 102 valence electrons. The van der Waals surface area contributed by atoms with Gasteiger partial charge in [0.25, 0.3) is 0 Å². The van der Waals surface area contributed by atoms with Crippen LogP contribution in [-0.4, -0.2) is 34.4 Å². The number of ether oxygens (including phenoxy) is 1. The van der Waals surface area contributed by atoms with Crippen molar-refractivity contribution >= 4 is 10.1 Å². The Morgan fingerprint density at radius 2 is 2.00 bits per heavy atom. The van der Waals surface area contributed by atoms with Crippen LogP contribution in [0, 0.1) is 0 Å². The van der Waals surface area contributed by atoms with Crippen molar-refractivity contribution in [2.45, 2.75) is 13.5 Å². The molecule has 0 radical (unpaired) electrons. The van der Waals surface area contributed by atoms with Crippen molar-refractivity contribution in [2.24, 2.45) is 0 Å². The zero-order valence-electron chi connectivity index (χ0n) is 10.7. The number of rotatable bonds is 8. The molecule has 0 aliphatic heterocycles. The molecule has 5 nitrogen and oxygen atoms in total. The standard InChI is InChI=1S/C12H19NO4S/c1-3-18(14,15)17-12-7-5-4-6-11(12)10-13-8-9-16-2/h4-7,13H,3,8-10H2,1-2H3. The number of hydrogen-bond donors (Lipinski definition) is 1. The van der Waals surface area contributed by atoms with Crippen LogP contribution in [-0.2, 0) is 21.4 Å². The first kappa shape index (κ1) is 14.9. The van der Waals surface area contributed by atoms with E-state index in [0.29, 0.717) is 25.4 Å². The summed E-state index contributed by atoms with van der Waals surface area (Å²) in [5.74, 6) is 0.336. The first-order valence-electron chi connectivity index (χ1n) is 5.78. The average Bonchev–Trinajstić information content (AvgIpc) is 2.36. The van der Waals surface area contributed by atoms with E-state index in [4.69, 9.17) is 8.92 Å². The zero-order valence-corrected chi connectivity index (χ0v) is 11.5. The number of hydrogen-bond acceptors (Lipinski definition) is 5. The summed E-state index contributed by atoms with van der Waals surface area (Å²) < 4.78 is 32.8. The zero-order chi connectivity index (χ0) is 13.4. The summed E-state index contributed by atoms with van der Waals surface area (Å²) >= 11 is 0. The summed E-state index contributed by atoms with van der Waals surface area (Å²) in [6, 6.07) is 7.08. The Bertz CT molecular complexity index is 459. The van der Waals surface area contributed by atoms with E-state index in [9.17, 15) is 8.42 Å². The second kappa shape index (κ2) is 7.35. The lowest BCUT2D eigenvalue weighted by molar-refractivity contribution is 0.199. The highest BCUT2D eigenvalue weighted by Gasteiger charge is 2.12. The van der Waals surface area contributed by atoms with Gasteiger partial charge < -0.3 is 14.2 Å². The fourth-order valence-electron chi connectivity index (χ4n) is 1.32. The van der Waals surface area contributed by atoms with Crippen molar-refractivity contribution in [1.29, 1.82) is 0 Å². The molecule has 0 aliphatic rings. The van der Waals surface area contributed by atoms with Gasteiger partial charge in [0, 0.05) is 25.8 Å². The summed E-state index contributed by atoms with van der Waals surface area (Å²) in [5, 5.41) is 3.15. The molecule has 0 atom stereocenters. The summed E-state index contributed by atoms with van der Waals surface area (Å²) in [6.07, 6.45) is 0. The highest BCUT2D eigenvalue weighted by Crippen LogP contribution is 2.19. The van der Waals surface area contributed by atoms with Gasteiger partial charge in [0.2, 0.25) is 0 Å². The van der Waals surface area contributed by atoms with E-state index in [-0.39, 0.29) is 5.75 Å². The van der Waals surface area contributed by atoms with Crippen LogP contribution in [0.2, 0.25) is 0 Å². The van der Waals surface area contributed by atoms with E-state index in [1.165, 1.54) is 0 Å². The third kappa shape index (κ3) is 5.03. The van der Waals surface area contributed by atoms with E-state index in [2.05, 4.69) is 5.32 Å². The predicted octanol–water partition coefficient (Wildman–Crippen LogP) is 1.15. The molecule has 0 fully saturated rings. The van der Waals surface area contributed by atoms with E-state index in [0.717, 1.165) is 5.56 Å². The Morgan fingerprint density at radius 3 is 2.67 bits per heavy atom. The smallest absolute Gasteiger partial charge is 0.308 e. The quantitative estimate of drug-likeness (QED) is 0.568. The minimum Gasteiger partial charge on any atom is -0.383 e. The number of methoxy groups -OCH3 is 1. The summed E-state index contributed by atoms with van der Waals surface area (Å²) in [7, 11) is -1.85. The second-order valence-electron chi connectivity index (χ2n) is 3.71. The van der Waals surface area contributed by atoms with Crippen molar-refractivity contribution in [3.05, 3.63) is 29.8 Å². The fraction of sp³-hybridized carbons (Fsp3) is 0.500. The number of benzene rings is 1. The molecule has 0 aliphatic carbocycles. The lowest BCUT2D eigenvalue weighted by atomic mass is 10.2. The molecule has 0 heterocycles. The molecule has 1 rings (SSSR count). The SMILES string of the molecule is CCS(=O)(=O)Oc1ccccc1CNCCOC. The van der Waals surface area contributed by atoms with Crippen LogP contribution in [0.25, 0.3) is 0 Å². The molecule has 0 bridgehead atoms. The van der Waals surface area contributed by atoms with Gasteiger partial charge in [-0.15, -0.1) is 0 Å².